The molecule has 0 bridgehead atoms. The summed E-state index contributed by atoms with van der Waals surface area (Å²) in [7, 11) is 1.82. The quantitative estimate of drug-likeness (QED) is 0.737. The molecular weight excluding hydrogens is 204 g/mol. The van der Waals surface area contributed by atoms with Gasteiger partial charge in [0.1, 0.15) is 5.76 Å². The van der Waals surface area contributed by atoms with E-state index in [-0.39, 0.29) is 5.78 Å². The van der Waals surface area contributed by atoms with E-state index in [4.69, 9.17) is 4.42 Å². The molecule has 0 saturated carbocycles. The monoisotopic (exact) mass is 218 g/mol. The molecule has 0 aliphatic heterocycles. The molecular formula is C12H14N2O2. The van der Waals surface area contributed by atoms with Gasteiger partial charge < -0.3 is 4.42 Å². The van der Waals surface area contributed by atoms with Gasteiger partial charge in [-0.1, -0.05) is 6.92 Å². The van der Waals surface area contributed by atoms with Crippen molar-refractivity contribution in [3.8, 4) is 0 Å². The van der Waals surface area contributed by atoms with E-state index in [0.717, 1.165) is 12.1 Å². The van der Waals surface area contributed by atoms with Crippen LogP contribution in [0.2, 0.25) is 0 Å². The molecule has 2 aromatic heterocycles. The Morgan fingerprint density at radius 3 is 3.00 bits per heavy atom. The second kappa shape index (κ2) is 4.35. The minimum absolute atomic E-state index is 0.0555. The fourth-order valence-corrected chi connectivity index (χ4v) is 1.70. The second-order valence-electron chi connectivity index (χ2n) is 3.70. The lowest BCUT2D eigenvalue weighted by Crippen LogP contribution is -2.04. The Bertz CT molecular complexity index is 483. The second-order valence-corrected chi connectivity index (χ2v) is 3.70. The number of Topliss-reactive ketones (excluding diaryl/α,β-unsaturated/α-hetero) is 1. The maximum absolute atomic E-state index is 12.0. The number of nitrogens with zero attached hydrogens (tertiary/aromatic N) is 2. The predicted octanol–water partition coefficient (Wildman–Crippen LogP) is 2.00. The zero-order valence-corrected chi connectivity index (χ0v) is 9.43. The summed E-state index contributed by atoms with van der Waals surface area (Å²) in [6, 6.07) is 3.59. The van der Waals surface area contributed by atoms with Gasteiger partial charge in [0.15, 0.2) is 5.78 Å². The highest BCUT2D eigenvalue weighted by molar-refractivity contribution is 5.98. The number of hydrogen-bond acceptors (Lipinski definition) is 3. The van der Waals surface area contributed by atoms with E-state index < -0.39 is 0 Å². The molecule has 4 heteroatoms. The Morgan fingerprint density at radius 2 is 2.38 bits per heavy atom. The SMILES string of the molecule is CCc1nn(C)cc1C(=O)Cc1ccco1. The van der Waals surface area contributed by atoms with Crippen LogP contribution in [0, 0.1) is 0 Å². The van der Waals surface area contributed by atoms with Gasteiger partial charge >= 0.3 is 0 Å². The molecule has 2 aromatic rings. The summed E-state index contributed by atoms with van der Waals surface area (Å²) in [6.45, 7) is 1.99. The van der Waals surface area contributed by atoms with Crippen molar-refractivity contribution >= 4 is 5.78 Å². The Hall–Kier alpha value is -1.84. The van der Waals surface area contributed by atoms with Crippen LogP contribution in [0.5, 0.6) is 0 Å². The molecule has 84 valence electrons. The molecule has 16 heavy (non-hydrogen) atoms. The third-order valence-corrected chi connectivity index (χ3v) is 2.46. The summed E-state index contributed by atoms with van der Waals surface area (Å²) in [4.78, 5) is 12.0. The van der Waals surface area contributed by atoms with Gasteiger partial charge in [0, 0.05) is 13.2 Å². The van der Waals surface area contributed by atoms with Gasteiger partial charge in [0.2, 0.25) is 0 Å². The van der Waals surface area contributed by atoms with Gasteiger partial charge in [0.25, 0.3) is 0 Å². The van der Waals surface area contributed by atoms with Crippen LogP contribution >= 0.6 is 0 Å². The highest BCUT2D eigenvalue weighted by Gasteiger charge is 2.15. The van der Waals surface area contributed by atoms with E-state index in [2.05, 4.69) is 5.10 Å². The van der Waals surface area contributed by atoms with Crippen LogP contribution < -0.4 is 0 Å². The molecule has 0 fully saturated rings. The van der Waals surface area contributed by atoms with Crippen molar-refractivity contribution in [3.63, 3.8) is 0 Å². The number of hydrogen-bond donors (Lipinski definition) is 0. The molecule has 0 N–H and O–H groups in total. The van der Waals surface area contributed by atoms with Crippen LogP contribution in [0.4, 0.5) is 0 Å². The first-order valence-corrected chi connectivity index (χ1v) is 5.28. The first-order chi connectivity index (χ1) is 7.70. The van der Waals surface area contributed by atoms with Gasteiger partial charge in [-0.2, -0.15) is 5.10 Å². The largest absolute Gasteiger partial charge is 0.469 e. The highest BCUT2D eigenvalue weighted by atomic mass is 16.3. The van der Waals surface area contributed by atoms with Crippen molar-refractivity contribution in [2.24, 2.45) is 7.05 Å². The van der Waals surface area contributed by atoms with E-state index in [0.29, 0.717) is 17.7 Å². The molecule has 0 aliphatic rings. The van der Waals surface area contributed by atoms with Crippen molar-refractivity contribution in [2.75, 3.05) is 0 Å². The maximum atomic E-state index is 12.0. The summed E-state index contributed by atoms with van der Waals surface area (Å²) in [5.41, 5.74) is 1.54. The molecule has 0 unspecified atom stereocenters. The van der Waals surface area contributed by atoms with Crippen molar-refractivity contribution in [2.45, 2.75) is 19.8 Å². The van der Waals surface area contributed by atoms with Crippen LogP contribution in [0.25, 0.3) is 0 Å². The van der Waals surface area contributed by atoms with Gasteiger partial charge in [-0.25, -0.2) is 0 Å². The average molecular weight is 218 g/mol. The van der Waals surface area contributed by atoms with Crippen molar-refractivity contribution < 1.29 is 9.21 Å². The first-order valence-electron chi connectivity index (χ1n) is 5.28. The minimum atomic E-state index is 0.0555. The van der Waals surface area contributed by atoms with E-state index in [9.17, 15) is 4.79 Å². The number of rotatable bonds is 4. The number of carbonyl (C=O) groups is 1. The lowest BCUT2D eigenvalue weighted by Gasteiger charge is -1.97. The van der Waals surface area contributed by atoms with Gasteiger partial charge in [-0.05, 0) is 18.6 Å². The van der Waals surface area contributed by atoms with Crippen molar-refractivity contribution in [3.05, 3.63) is 41.6 Å². The number of aryl methyl sites for hydroxylation is 2. The summed E-state index contributed by atoms with van der Waals surface area (Å²) in [5.74, 6) is 0.746. The van der Waals surface area contributed by atoms with E-state index >= 15 is 0 Å². The van der Waals surface area contributed by atoms with Gasteiger partial charge in [-0.3, -0.25) is 9.48 Å². The normalized spacial score (nSPS) is 10.6. The summed E-state index contributed by atoms with van der Waals surface area (Å²) >= 11 is 0. The van der Waals surface area contributed by atoms with Gasteiger partial charge in [-0.15, -0.1) is 0 Å². The number of carbonyl (C=O) groups excluding carboxylic acids is 1. The van der Waals surface area contributed by atoms with E-state index in [1.807, 2.05) is 14.0 Å². The summed E-state index contributed by atoms with van der Waals surface area (Å²) in [5, 5.41) is 4.24. The molecule has 0 amide bonds. The van der Waals surface area contributed by atoms with Crippen molar-refractivity contribution in [1.29, 1.82) is 0 Å². The standard InChI is InChI=1S/C12H14N2O2/c1-3-11-10(8-14(2)13-11)12(15)7-9-5-4-6-16-9/h4-6,8H,3,7H2,1-2H3. The molecule has 0 aromatic carbocycles. The van der Waals surface area contributed by atoms with Crippen LogP contribution in [0.15, 0.2) is 29.0 Å². The summed E-state index contributed by atoms with van der Waals surface area (Å²) < 4.78 is 6.83. The minimum Gasteiger partial charge on any atom is -0.469 e. The molecule has 2 heterocycles. The molecule has 2 rings (SSSR count). The number of ketones is 1. The Balaban J connectivity index is 2.20. The predicted molar refractivity (Wildman–Crippen MR) is 59.3 cm³/mol. The number of furan rings is 1. The molecule has 0 atom stereocenters. The third kappa shape index (κ3) is 2.05. The van der Waals surface area contributed by atoms with Crippen LogP contribution in [0.3, 0.4) is 0 Å². The lowest BCUT2D eigenvalue weighted by molar-refractivity contribution is 0.0986. The molecule has 0 radical (unpaired) electrons. The molecule has 0 saturated heterocycles. The number of aromatic nitrogens is 2. The highest BCUT2D eigenvalue weighted by Crippen LogP contribution is 2.12. The first kappa shape index (κ1) is 10.7. The Labute approximate surface area is 93.9 Å². The van der Waals surface area contributed by atoms with E-state index in [1.54, 1.807) is 29.3 Å². The Morgan fingerprint density at radius 1 is 1.56 bits per heavy atom. The summed E-state index contributed by atoms with van der Waals surface area (Å²) in [6.07, 6.45) is 4.41. The zero-order valence-electron chi connectivity index (χ0n) is 9.43. The molecule has 0 aliphatic carbocycles. The Kier molecular flexibility index (Phi) is 2.90. The fourth-order valence-electron chi connectivity index (χ4n) is 1.70. The van der Waals surface area contributed by atoms with Crippen LogP contribution in [0.1, 0.15) is 28.7 Å². The van der Waals surface area contributed by atoms with E-state index in [1.165, 1.54) is 0 Å². The average Bonchev–Trinajstić information content (AvgIpc) is 2.86. The smallest absolute Gasteiger partial charge is 0.173 e. The molecule has 0 spiro atoms. The maximum Gasteiger partial charge on any atom is 0.173 e. The zero-order chi connectivity index (χ0) is 11.5. The topological polar surface area (TPSA) is 48.0 Å². The van der Waals surface area contributed by atoms with Crippen LogP contribution in [-0.4, -0.2) is 15.6 Å². The van der Waals surface area contributed by atoms with Gasteiger partial charge in [0.05, 0.1) is 23.9 Å². The fraction of sp³-hybridized carbons (Fsp3) is 0.333. The third-order valence-electron chi connectivity index (χ3n) is 2.46. The lowest BCUT2D eigenvalue weighted by atomic mass is 10.1. The van der Waals surface area contributed by atoms with Crippen LogP contribution in [-0.2, 0) is 19.9 Å². The van der Waals surface area contributed by atoms with Crippen molar-refractivity contribution in [1.82, 2.24) is 9.78 Å². The molecule has 4 nitrogen and oxygen atoms in total.